The minimum Gasteiger partial charge on any atom is -0.379 e. The van der Waals surface area contributed by atoms with Crippen LogP contribution in [0.3, 0.4) is 0 Å². The van der Waals surface area contributed by atoms with Crippen LogP contribution in [0.2, 0.25) is 0 Å². The second-order valence-electron chi connectivity index (χ2n) is 6.93. The lowest BCUT2D eigenvalue weighted by atomic mass is 9.78. The van der Waals surface area contributed by atoms with Gasteiger partial charge < -0.3 is 11.1 Å². The minimum atomic E-state index is -1.18. The maximum absolute atomic E-state index is 14.6. The highest BCUT2D eigenvalue weighted by molar-refractivity contribution is 8.13. The number of carbonyl (C=O) groups excluding carboxylic acids is 1. The number of aliphatic imine (C=N–C) groups is 1. The third kappa shape index (κ3) is 3.37. The molecule has 2 aromatic rings. The van der Waals surface area contributed by atoms with E-state index in [9.17, 15) is 9.18 Å². The molecular weight excluding hydrogens is 365 g/mol. The molecule has 6 nitrogen and oxygen atoms in total. The second-order valence-corrected chi connectivity index (χ2v) is 8.04. The molecular formula is C19H20FN5OS. The van der Waals surface area contributed by atoms with Gasteiger partial charge in [-0.25, -0.2) is 4.39 Å². The summed E-state index contributed by atoms with van der Waals surface area (Å²) in [5.41, 5.74) is 6.87. The number of carbonyl (C=O) groups is 1. The second kappa shape index (κ2) is 6.84. The molecule has 140 valence electrons. The van der Waals surface area contributed by atoms with Crippen molar-refractivity contribution in [1.29, 1.82) is 0 Å². The fourth-order valence-electron chi connectivity index (χ4n) is 3.53. The van der Waals surface area contributed by atoms with Crippen LogP contribution in [0.1, 0.15) is 23.8 Å². The van der Waals surface area contributed by atoms with E-state index in [1.54, 1.807) is 12.2 Å². The summed E-state index contributed by atoms with van der Waals surface area (Å²) < 4.78 is 14.6. The Labute approximate surface area is 160 Å². The van der Waals surface area contributed by atoms with Gasteiger partial charge in [-0.15, -0.1) is 0 Å². The van der Waals surface area contributed by atoms with Crippen LogP contribution in [0.25, 0.3) is 10.9 Å². The molecule has 0 saturated carbocycles. The molecule has 3 atom stereocenters. The van der Waals surface area contributed by atoms with Crippen LogP contribution in [-0.2, 0) is 0 Å². The Morgan fingerprint density at radius 1 is 1.44 bits per heavy atom. The van der Waals surface area contributed by atoms with E-state index >= 15 is 0 Å². The first-order valence-electron chi connectivity index (χ1n) is 8.73. The van der Waals surface area contributed by atoms with Gasteiger partial charge in [0.05, 0.1) is 11.1 Å². The van der Waals surface area contributed by atoms with Crippen LogP contribution in [0.5, 0.6) is 0 Å². The Bertz CT molecular complexity index is 981. The molecule has 1 amide bonds. The van der Waals surface area contributed by atoms with Gasteiger partial charge in [0.25, 0.3) is 5.91 Å². The predicted molar refractivity (Wildman–Crippen MR) is 106 cm³/mol. The molecule has 0 fully saturated rings. The van der Waals surface area contributed by atoms with Gasteiger partial charge in [0.15, 0.2) is 10.9 Å². The zero-order chi connectivity index (χ0) is 19.0. The Hall–Kier alpha value is -2.61. The Balaban J connectivity index is 1.59. The highest BCUT2D eigenvalue weighted by Gasteiger charge is 2.40. The number of halogens is 1. The maximum atomic E-state index is 14.6. The van der Waals surface area contributed by atoms with Crippen LogP contribution < -0.4 is 11.1 Å². The average Bonchev–Trinajstić information content (AvgIpc) is 3.07. The first kappa shape index (κ1) is 17.8. The summed E-state index contributed by atoms with van der Waals surface area (Å²) in [4.78, 5) is 17.2. The zero-order valence-electron chi connectivity index (χ0n) is 14.8. The van der Waals surface area contributed by atoms with Crippen molar-refractivity contribution in [3.8, 4) is 0 Å². The standard InChI is InChI=1S/C19H20FN5OS/c1-19(8-9-27-18(21)23-19)13-10-11(6-7-14(13)20)22-17(26)16-12-4-2-3-5-15(12)24-25-16/h2-7,10,13-14H,8-9H2,1H3,(H2,21,23)(H,22,26)(H,24,25)/t13?,14?,19-/m0/s1. The molecule has 1 aromatic carbocycles. The lowest BCUT2D eigenvalue weighted by Crippen LogP contribution is -2.43. The van der Waals surface area contributed by atoms with E-state index in [1.807, 2.05) is 31.2 Å². The number of nitrogens with one attached hydrogen (secondary N) is 2. The number of hydrogen-bond acceptors (Lipinski definition) is 5. The van der Waals surface area contributed by atoms with E-state index in [2.05, 4.69) is 20.5 Å². The number of alkyl halides is 1. The fourth-order valence-corrected chi connectivity index (χ4v) is 4.53. The van der Waals surface area contributed by atoms with Gasteiger partial charge in [-0.05, 0) is 31.6 Å². The molecule has 4 N–H and O–H groups in total. The molecule has 0 saturated heterocycles. The minimum absolute atomic E-state index is 0.307. The average molecular weight is 385 g/mol. The number of benzene rings is 1. The number of hydrogen-bond donors (Lipinski definition) is 3. The lowest BCUT2D eigenvalue weighted by Gasteiger charge is -2.37. The zero-order valence-corrected chi connectivity index (χ0v) is 15.6. The summed E-state index contributed by atoms with van der Waals surface area (Å²) in [6.07, 6.45) is 4.33. The summed E-state index contributed by atoms with van der Waals surface area (Å²) in [6, 6.07) is 7.41. The molecule has 4 rings (SSSR count). The summed E-state index contributed by atoms with van der Waals surface area (Å²) in [7, 11) is 0. The molecule has 1 aliphatic carbocycles. The number of H-pyrrole nitrogens is 1. The van der Waals surface area contributed by atoms with Crippen LogP contribution in [-0.4, -0.2) is 38.7 Å². The maximum Gasteiger partial charge on any atom is 0.276 e. The van der Waals surface area contributed by atoms with Crippen LogP contribution in [0.15, 0.2) is 53.2 Å². The summed E-state index contributed by atoms with van der Waals surface area (Å²) >= 11 is 1.48. The smallest absolute Gasteiger partial charge is 0.276 e. The number of nitrogens with two attached hydrogens (primary N) is 1. The molecule has 1 aromatic heterocycles. The molecule has 2 unspecified atom stereocenters. The molecule has 2 heterocycles. The highest BCUT2D eigenvalue weighted by atomic mass is 32.2. The van der Waals surface area contributed by atoms with Gasteiger partial charge in [0.1, 0.15) is 6.17 Å². The molecule has 0 spiro atoms. The third-order valence-corrected chi connectivity index (χ3v) is 5.84. The number of rotatable bonds is 3. The van der Waals surface area contributed by atoms with Crippen molar-refractivity contribution in [2.45, 2.75) is 25.1 Å². The number of para-hydroxylation sites is 1. The Morgan fingerprint density at radius 3 is 3.07 bits per heavy atom. The number of allylic oxidation sites excluding steroid dienone is 2. The van der Waals surface area contributed by atoms with Gasteiger partial charge >= 0.3 is 0 Å². The SMILES string of the molecule is C[C@@]1(C2C=C(NC(=O)c3n[nH]c4ccccc34)C=CC2F)CCSC(N)=N1. The lowest BCUT2D eigenvalue weighted by molar-refractivity contribution is 0.0962. The molecule has 27 heavy (non-hydrogen) atoms. The van der Waals surface area contributed by atoms with Crippen molar-refractivity contribution in [2.24, 2.45) is 16.6 Å². The summed E-state index contributed by atoms with van der Waals surface area (Å²) in [6.45, 7) is 1.91. The number of amides is 1. The van der Waals surface area contributed by atoms with Crippen molar-refractivity contribution in [1.82, 2.24) is 15.5 Å². The first-order chi connectivity index (χ1) is 13.0. The van der Waals surface area contributed by atoms with E-state index < -0.39 is 17.6 Å². The molecule has 2 aliphatic rings. The van der Waals surface area contributed by atoms with E-state index in [4.69, 9.17) is 5.73 Å². The van der Waals surface area contributed by atoms with Crippen LogP contribution in [0, 0.1) is 5.92 Å². The number of aromatic amines is 1. The van der Waals surface area contributed by atoms with Gasteiger partial charge in [-0.3, -0.25) is 14.9 Å². The topological polar surface area (TPSA) is 96.2 Å². The summed E-state index contributed by atoms with van der Waals surface area (Å²) in [5.74, 6) is -0.0342. The van der Waals surface area contributed by atoms with Gasteiger partial charge in [0.2, 0.25) is 0 Å². The van der Waals surface area contributed by atoms with E-state index in [0.717, 1.165) is 23.1 Å². The third-order valence-electron chi connectivity index (χ3n) is 5.05. The van der Waals surface area contributed by atoms with Gasteiger partial charge in [-0.1, -0.05) is 36.0 Å². The van der Waals surface area contributed by atoms with Crippen molar-refractivity contribution >= 4 is 33.7 Å². The predicted octanol–water partition coefficient (Wildman–Crippen LogP) is 2.91. The fraction of sp³-hybridized carbons (Fsp3) is 0.316. The monoisotopic (exact) mass is 385 g/mol. The van der Waals surface area contributed by atoms with Crippen molar-refractivity contribution in [3.05, 3.63) is 53.9 Å². The van der Waals surface area contributed by atoms with Crippen LogP contribution in [0.4, 0.5) is 4.39 Å². The van der Waals surface area contributed by atoms with Crippen molar-refractivity contribution in [2.75, 3.05) is 5.75 Å². The largest absolute Gasteiger partial charge is 0.379 e. The number of thioether (sulfide) groups is 1. The number of fused-ring (bicyclic) bond motifs is 1. The Kier molecular flexibility index (Phi) is 4.51. The highest BCUT2D eigenvalue weighted by Crippen LogP contribution is 2.38. The molecule has 1 aliphatic heterocycles. The summed E-state index contributed by atoms with van der Waals surface area (Å²) in [5, 5.41) is 11.0. The molecule has 0 bridgehead atoms. The number of aromatic nitrogens is 2. The van der Waals surface area contributed by atoms with E-state index in [-0.39, 0.29) is 5.91 Å². The van der Waals surface area contributed by atoms with Crippen LogP contribution >= 0.6 is 11.8 Å². The van der Waals surface area contributed by atoms with E-state index in [0.29, 0.717) is 16.6 Å². The molecule has 0 radical (unpaired) electrons. The normalized spacial score (nSPS) is 27.9. The van der Waals surface area contributed by atoms with E-state index in [1.165, 1.54) is 17.8 Å². The molecule has 8 heteroatoms. The number of amidine groups is 1. The van der Waals surface area contributed by atoms with Crippen molar-refractivity contribution in [3.63, 3.8) is 0 Å². The van der Waals surface area contributed by atoms with Gasteiger partial charge in [-0.2, -0.15) is 5.10 Å². The first-order valence-corrected chi connectivity index (χ1v) is 9.71. The van der Waals surface area contributed by atoms with Gasteiger partial charge in [0, 0.05) is 22.8 Å². The van der Waals surface area contributed by atoms with Crippen molar-refractivity contribution < 1.29 is 9.18 Å². The quantitative estimate of drug-likeness (QED) is 0.757. The Morgan fingerprint density at radius 2 is 2.26 bits per heavy atom. The number of nitrogens with zero attached hydrogens (tertiary/aromatic N) is 2.